The maximum Gasteiger partial charge on any atom is 0.0558 e. The molecule has 1 fully saturated rings. The second-order valence-corrected chi connectivity index (χ2v) is 7.94. The smallest absolute Gasteiger partial charge is 0.0558 e. The van der Waals surface area contributed by atoms with Gasteiger partial charge >= 0.3 is 0 Å². The maximum atomic E-state index is 9.44. The number of aliphatic hydroxyl groups is 1. The highest BCUT2D eigenvalue weighted by Gasteiger charge is 2.33. The highest BCUT2D eigenvalue weighted by molar-refractivity contribution is 4.89. The second kappa shape index (κ2) is 8.50. The van der Waals surface area contributed by atoms with E-state index in [4.69, 9.17) is 0 Å². The molecule has 0 aromatic carbocycles. The zero-order valence-electron chi connectivity index (χ0n) is 15.0. The summed E-state index contributed by atoms with van der Waals surface area (Å²) in [6.45, 7) is 14.7. The summed E-state index contributed by atoms with van der Waals surface area (Å²) in [5, 5.41) is 13.2. The van der Waals surface area contributed by atoms with Crippen molar-refractivity contribution in [2.45, 2.75) is 84.7 Å². The van der Waals surface area contributed by atoms with E-state index in [1.807, 2.05) is 0 Å². The Hall–Kier alpha value is -0.120. The third kappa shape index (κ3) is 6.25. The minimum atomic E-state index is 0.171. The van der Waals surface area contributed by atoms with Gasteiger partial charge in [-0.3, -0.25) is 4.90 Å². The Labute approximate surface area is 132 Å². The Kier molecular flexibility index (Phi) is 7.66. The van der Waals surface area contributed by atoms with Crippen LogP contribution in [0.2, 0.25) is 0 Å². The van der Waals surface area contributed by atoms with E-state index in [1.165, 1.54) is 38.5 Å². The molecule has 0 heterocycles. The van der Waals surface area contributed by atoms with Gasteiger partial charge in [0.15, 0.2) is 0 Å². The molecule has 0 spiro atoms. The van der Waals surface area contributed by atoms with Gasteiger partial charge in [0.25, 0.3) is 0 Å². The van der Waals surface area contributed by atoms with E-state index in [0.29, 0.717) is 11.5 Å². The molecule has 0 radical (unpaired) electrons. The largest absolute Gasteiger partial charge is 0.395 e. The molecule has 2 N–H and O–H groups in total. The molecule has 3 heteroatoms. The summed E-state index contributed by atoms with van der Waals surface area (Å²) in [6, 6.07) is 0.698. The molecule has 0 amide bonds. The molecule has 0 aromatic heterocycles. The molecule has 0 unspecified atom stereocenters. The number of rotatable bonds is 9. The van der Waals surface area contributed by atoms with Crippen LogP contribution in [0.1, 0.15) is 73.1 Å². The van der Waals surface area contributed by atoms with Crippen LogP contribution in [-0.4, -0.2) is 47.8 Å². The Morgan fingerprint density at radius 3 is 2.10 bits per heavy atom. The van der Waals surface area contributed by atoms with Gasteiger partial charge in [-0.25, -0.2) is 0 Å². The van der Waals surface area contributed by atoms with Gasteiger partial charge in [-0.15, -0.1) is 0 Å². The zero-order valence-corrected chi connectivity index (χ0v) is 15.0. The van der Waals surface area contributed by atoms with Crippen molar-refractivity contribution in [3.63, 3.8) is 0 Å². The standard InChI is InChI=1S/C18H38N2O/c1-6-18(7-2,14-19-17(3,4)5)15-20(12-13-21)16-10-8-9-11-16/h16,19,21H,6-15H2,1-5H3. The van der Waals surface area contributed by atoms with Crippen LogP contribution >= 0.6 is 0 Å². The normalized spacial score (nSPS) is 17.9. The first-order chi connectivity index (χ1) is 9.86. The van der Waals surface area contributed by atoms with Crippen LogP contribution in [0.5, 0.6) is 0 Å². The molecule has 21 heavy (non-hydrogen) atoms. The summed E-state index contributed by atoms with van der Waals surface area (Å²) in [5.41, 5.74) is 0.496. The average molecular weight is 299 g/mol. The first-order valence-electron chi connectivity index (χ1n) is 8.96. The van der Waals surface area contributed by atoms with Crippen LogP contribution in [0.4, 0.5) is 0 Å². The van der Waals surface area contributed by atoms with Crippen molar-refractivity contribution in [3.8, 4) is 0 Å². The van der Waals surface area contributed by atoms with E-state index < -0.39 is 0 Å². The second-order valence-electron chi connectivity index (χ2n) is 7.94. The van der Waals surface area contributed by atoms with Crippen LogP contribution in [0.15, 0.2) is 0 Å². The highest BCUT2D eigenvalue weighted by Crippen LogP contribution is 2.31. The first kappa shape index (κ1) is 18.9. The molecule has 1 aliphatic carbocycles. The maximum absolute atomic E-state index is 9.44. The lowest BCUT2D eigenvalue weighted by Gasteiger charge is -2.41. The lowest BCUT2D eigenvalue weighted by molar-refractivity contribution is 0.0770. The van der Waals surface area contributed by atoms with Crippen molar-refractivity contribution in [2.24, 2.45) is 5.41 Å². The molecular weight excluding hydrogens is 260 g/mol. The molecule has 0 atom stereocenters. The number of nitrogens with zero attached hydrogens (tertiary/aromatic N) is 1. The number of nitrogens with one attached hydrogen (secondary N) is 1. The SMILES string of the molecule is CCC(CC)(CNC(C)(C)C)CN(CCO)C1CCCC1. The topological polar surface area (TPSA) is 35.5 Å². The van der Waals surface area contributed by atoms with Gasteiger partial charge in [0, 0.05) is 31.2 Å². The summed E-state index contributed by atoms with van der Waals surface area (Å²) >= 11 is 0. The fraction of sp³-hybridized carbons (Fsp3) is 1.00. The van der Waals surface area contributed by atoms with Gasteiger partial charge in [-0.2, -0.15) is 0 Å². The molecule has 0 aromatic rings. The summed E-state index contributed by atoms with van der Waals surface area (Å²) in [5.74, 6) is 0. The van der Waals surface area contributed by atoms with Crippen LogP contribution in [0.3, 0.4) is 0 Å². The van der Waals surface area contributed by atoms with Crippen LogP contribution < -0.4 is 5.32 Å². The summed E-state index contributed by atoms with van der Waals surface area (Å²) in [7, 11) is 0. The van der Waals surface area contributed by atoms with Gasteiger partial charge in [-0.1, -0.05) is 26.7 Å². The van der Waals surface area contributed by atoms with Gasteiger partial charge in [0.2, 0.25) is 0 Å². The van der Waals surface area contributed by atoms with Crippen LogP contribution in [0.25, 0.3) is 0 Å². The highest BCUT2D eigenvalue weighted by atomic mass is 16.3. The van der Waals surface area contributed by atoms with Crippen molar-refractivity contribution in [2.75, 3.05) is 26.2 Å². The molecule has 0 saturated heterocycles. The van der Waals surface area contributed by atoms with Crippen molar-refractivity contribution in [1.82, 2.24) is 10.2 Å². The van der Waals surface area contributed by atoms with E-state index in [9.17, 15) is 5.11 Å². The molecule has 126 valence electrons. The minimum absolute atomic E-state index is 0.171. The fourth-order valence-electron chi connectivity index (χ4n) is 3.45. The predicted molar refractivity (Wildman–Crippen MR) is 91.7 cm³/mol. The van der Waals surface area contributed by atoms with Gasteiger partial charge in [0.05, 0.1) is 6.61 Å². The molecule has 0 aliphatic heterocycles. The first-order valence-corrected chi connectivity index (χ1v) is 8.96. The number of hydrogen-bond donors (Lipinski definition) is 2. The van der Waals surface area contributed by atoms with Crippen LogP contribution in [-0.2, 0) is 0 Å². The van der Waals surface area contributed by atoms with Crippen molar-refractivity contribution < 1.29 is 5.11 Å². The summed E-state index contributed by atoms with van der Waals surface area (Å²) in [6.07, 6.45) is 7.74. The molecule has 3 nitrogen and oxygen atoms in total. The van der Waals surface area contributed by atoms with E-state index in [2.05, 4.69) is 44.8 Å². The lowest BCUT2D eigenvalue weighted by Crippen LogP contribution is -2.50. The molecule has 1 aliphatic rings. The van der Waals surface area contributed by atoms with Gasteiger partial charge < -0.3 is 10.4 Å². The molecule has 1 saturated carbocycles. The Bertz CT molecular complexity index is 275. The minimum Gasteiger partial charge on any atom is -0.395 e. The quantitative estimate of drug-likeness (QED) is 0.684. The van der Waals surface area contributed by atoms with E-state index in [-0.39, 0.29) is 12.1 Å². The Morgan fingerprint density at radius 1 is 1.10 bits per heavy atom. The molecule has 1 rings (SSSR count). The third-order valence-corrected chi connectivity index (χ3v) is 5.26. The van der Waals surface area contributed by atoms with Crippen molar-refractivity contribution in [1.29, 1.82) is 0 Å². The van der Waals surface area contributed by atoms with Crippen molar-refractivity contribution in [3.05, 3.63) is 0 Å². The third-order valence-electron chi connectivity index (χ3n) is 5.26. The number of aliphatic hydroxyl groups excluding tert-OH is 1. The van der Waals surface area contributed by atoms with E-state index in [0.717, 1.165) is 19.6 Å². The molecule has 0 bridgehead atoms. The van der Waals surface area contributed by atoms with E-state index in [1.54, 1.807) is 0 Å². The number of hydrogen-bond acceptors (Lipinski definition) is 3. The zero-order chi connectivity index (χ0) is 15.9. The van der Waals surface area contributed by atoms with Crippen LogP contribution in [0, 0.1) is 5.41 Å². The Morgan fingerprint density at radius 2 is 1.67 bits per heavy atom. The summed E-state index contributed by atoms with van der Waals surface area (Å²) in [4.78, 5) is 2.57. The summed E-state index contributed by atoms with van der Waals surface area (Å²) < 4.78 is 0. The van der Waals surface area contributed by atoms with Crippen molar-refractivity contribution >= 4 is 0 Å². The molecular formula is C18H38N2O. The fourth-order valence-corrected chi connectivity index (χ4v) is 3.45. The van der Waals surface area contributed by atoms with Gasteiger partial charge in [0.1, 0.15) is 0 Å². The Balaban J connectivity index is 2.71. The van der Waals surface area contributed by atoms with E-state index >= 15 is 0 Å². The van der Waals surface area contributed by atoms with Gasteiger partial charge in [-0.05, 0) is 51.9 Å². The predicted octanol–water partition coefficient (Wildman–Crippen LogP) is 3.42. The monoisotopic (exact) mass is 298 g/mol. The average Bonchev–Trinajstić information content (AvgIpc) is 2.96. The lowest BCUT2D eigenvalue weighted by atomic mass is 9.80.